The summed E-state index contributed by atoms with van der Waals surface area (Å²) in [6.45, 7) is 5.80. The molecule has 0 amide bonds. The molecule has 112 valence electrons. The lowest BCUT2D eigenvalue weighted by atomic mass is 9.97. The number of nitrogens with one attached hydrogen (secondary N) is 1. The normalized spacial score (nSPS) is 22.8. The fourth-order valence-corrected chi connectivity index (χ4v) is 3.19. The van der Waals surface area contributed by atoms with Gasteiger partial charge in [-0.2, -0.15) is 0 Å². The molecule has 0 radical (unpaired) electrons. The van der Waals surface area contributed by atoms with Gasteiger partial charge in [-0.05, 0) is 64.4 Å². The van der Waals surface area contributed by atoms with Crippen molar-refractivity contribution < 1.29 is 0 Å². The molecular formula is C17H27ClN2. The highest BCUT2D eigenvalue weighted by molar-refractivity contribution is 6.30. The number of hydrogen-bond donors (Lipinski definition) is 1. The second-order valence-corrected chi connectivity index (χ2v) is 6.56. The average molecular weight is 295 g/mol. The van der Waals surface area contributed by atoms with Crippen molar-refractivity contribution in [3.05, 3.63) is 34.9 Å². The molecule has 1 N–H and O–H groups in total. The number of piperidine rings is 1. The summed E-state index contributed by atoms with van der Waals surface area (Å²) in [6, 6.07) is 9.92. The SMILES string of the molecule is CC(CC1CCCCN1)N(C)C(C)c1ccc(Cl)cc1. The minimum Gasteiger partial charge on any atom is -0.314 e. The second kappa shape index (κ2) is 7.44. The number of rotatable bonds is 5. The summed E-state index contributed by atoms with van der Waals surface area (Å²) in [7, 11) is 2.23. The van der Waals surface area contributed by atoms with Crippen LogP contribution in [-0.2, 0) is 0 Å². The Kier molecular flexibility index (Phi) is 5.88. The topological polar surface area (TPSA) is 15.3 Å². The van der Waals surface area contributed by atoms with E-state index in [1.54, 1.807) is 0 Å². The predicted molar refractivity (Wildman–Crippen MR) is 87.4 cm³/mol. The Morgan fingerprint density at radius 1 is 1.25 bits per heavy atom. The first-order valence-corrected chi connectivity index (χ1v) is 8.16. The van der Waals surface area contributed by atoms with E-state index >= 15 is 0 Å². The van der Waals surface area contributed by atoms with Crippen LogP contribution < -0.4 is 5.32 Å². The molecule has 2 rings (SSSR count). The molecule has 0 aromatic heterocycles. The molecule has 1 aliphatic rings. The molecule has 1 aromatic rings. The van der Waals surface area contributed by atoms with Crippen LogP contribution in [0.15, 0.2) is 24.3 Å². The highest BCUT2D eigenvalue weighted by Gasteiger charge is 2.21. The Labute approximate surface area is 128 Å². The first-order chi connectivity index (χ1) is 9.58. The Balaban J connectivity index is 1.91. The molecule has 1 saturated heterocycles. The van der Waals surface area contributed by atoms with Gasteiger partial charge in [0, 0.05) is 23.1 Å². The molecule has 1 aliphatic heterocycles. The molecule has 20 heavy (non-hydrogen) atoms. The fraction of sp³-hybridized carbons (Fsp3) is 0.647. The molecule has 1 aromatic carbocycles. The zero-order valence-corrected chi connectivity index (χ0v) is 13.7. The molecule has 3 heteroatoms. The van der Waals surface area contributed by atoms with Crippen LogP contribution in [0.5, 0.6) is 0 Å². The van der Waals surface area contributed by atoms with Gasteiger partial charge >= 0.3 is 0 Å². The summed E-state index contributed by atoms with van der Waals surface area (Å²) in [5, 5.41) is 4.46. The quantitative estimate of drug-likeness (QED) is 0.873. The smallest absolute Gasteiger partial charge is 0.0406 e. The van der Waals surface area contributed by atoms with Crippen LogP contribution in [0.3, 0.4) is 0 Å². The zero-order chi connectivity index (χ0) is 14.5. The molecule has 0 spiro atoms. The van der Waals surface area contributed by atoms with Crippen molar-refractivity contribution in [3.63, 3.8) is 0 Å². The van der Waals surface area contributed by atoms with Gasteiger partial charge in [-0.15, -0.1) is 0 Å². The maximum Gasteiger partial charge on any atom is 0.0406 e. The van der Waals surface area contributed by atoms with E-state index in [4.69, 9.17) is 11.6 Å². The van der Waals surface area contributed by atoms with Crippen molar-refractivity contribution in [1.82, 2.24) is 10.2 Å². The Hall–Kier alpha value is -0.570. The number of hydrogen-bond acceptors (Lipinski definition) is 2. The van der Waals surface area contributed by atoms with Crippen molar-refractivity contribution in [2.45, 2.75) is 57.7 Å². The third kappa shape index (κ3) is 4.21. The maximum absolute atomic E-state index is 5.97. The van der Waals surface area contributed by atoms with Crippen LogP contribution in [0.2, 0.25) is 5.02 Å². The lowest BCUT2D eigenvalue weighted by Crippen LogP contribution is -2.41. The zero-order valence-electron chi connectivity index (χ0n) is 12.9. The van der Waals surface area contributed by atoms with Gasteiger partial charge in [-0.1, -0.05) is 30.2 Å². The number of benzene rings is 1. The molecule has 3 atom stereocenters. The number of halogens is 1. The molecule has 1 heterocycles. The predicted octanol–water partition coefficient (Wildman–Crippen LogP) is 4.25. The van der Waals surface area contributed by atoms with Gasteiger partial charge in [0.15, 0.2) is 0 Å². The second-order valence-electron chi connectivity index (χ2n) is 6.12. The van der Waals surface area contributed by atoms with E-state index in [0.29, 0.717) is 18.1 Å². The standard InChI is InChI=1S/C17H27ClN2/c1-13(12-17-6-4-5-11-19-17)20(3)14(2)15-7-9-16(18)10-8-15/h7-10,13-14,17,19H,4-6,11-12H2,1-3H3. The Morgan fingerprint density at radius 3 is 2.55 bits per heavy atom. The van der Waals surface area contributed by atoms with Gasteiger partial charge in [-0.25, -0.2) is 0 Å². The Bertz CT molecular complexity index is 398. The van der Waals surface area contributed by atoms with Gasteiger partial charge in [-0.3, -0.25) is 4.90 Å². The van der Waals surface area contributed by atoms with Crippen LogP contribution in [0.4, 0.5) is 0 Å². The molecular weight excluding hydrogens is 268 g/mol. The maximum atomic E-state index is 5.97. The molecule has 1 fully saturated rings. The van der Waals surface area contributed by atoms with Crippen molar-refractivity contribution in [1.29, 1.82) is 0 Å². The van der Waals surface area contributed by atoms with Crippen LogP contribution in [0, 0.1) is 0 Å². The highest BCUT2D eigenvalue weighted by Crippen LogP contribution is 2.24. The van der Waals surface area contributed by atoms with E-state index in [-0.39, 0.29) is 0 Å². The minimum atomic E-state index is 0.422. The third-order valence-electron chi connectivity index (χ3n) is 4.70. The first-order valence-electron chi connectivity index (χ1n) is 7.78. The lowest BCUT2D eigenvalue weighted by Gasteiger charge is -2.34. The van der Waals surface area contributed by atoms with Crippen molar-refractivity contribution in [3.8, 4) is 0 Å². The van der Waals surface area contributed by atoms with Crippen LogP contribution in [0.25, 0.3) is 0 Å². The summed E-state index contributed by atoms with van der Waals surface area (Å²) in [6.07, 6.45) is 5.27. The minimum absolute atomic E-state index is 0.422. The first kappa shape index (κ1) is 15.8. The van der Waals surface area contributed by atoms with Gasteiger partial charge in [0.25, 0.3) is 0 Å². The summed E-state index contributed by atoms with van der Waals surface area (Å²) < 4.78 is 0. The van der Waals surface area contributed by atoms with Crippen LogP contribution in [-0.4, -0.2) is 30.6 Å². The molecule has 2 nitrogen and oxygen atoms in total. The van der Waals surface area contributed by atoms with E-state index < -0.39 is 0 Å². The van der Waals surface area contributed by atoms with E-state index in [2.05, 4.69) is 43.2 Å². The molecule has 0 saturated carbocycles. The van der Waals surface area contributed by atoms with Crippen molar-refractivity contribution in [2.75, 3.05) is 13.6 Å². The Morgan fingerprint density at radius 2 is 1.95 bits per heavy atom. The average Bonchev–Trinajstić information content (AvgIpc) is 2.47. The summed E-state index contributed by atoms with van der Waals surface area (Å²) >= 11 is 5.97. The van der Waals surface area contributed by atoms with Gasteiger partial charge < -0.3 is 5.32 Å². The van der Waals surface area contributed by atoms with Crippen molar-refractivity contribution >= 4 is 11.6 Å². The summed E-state index contributed by atoms with van der Waals surface area (Å²) in [5.74, 6) is 0. The van der Waals surface area contributed by atoms with Gasteiger partial charge in [0.05, 0.1) is 0 Å². The largest absolute Gasteiger partial charge is 0.314 e. The summed E-state index contributed by atoms with van der Waals surface area (Å²) in [5.41, 5.74) is 1.33. The summed E-state index contributed by atoms with van der Waals surface area (Å²) in [4.78, 5) is 2.47. The van der Waals surface area contributed by atoms with Crippen molar-refractivity contribution in [2.24, 2.45) is 0 Å². The van der Waals surface area contributed by atoms with E-state index in [0.717, 1.165) is 5.02 Å². The van der Waals surface area contributed by atoms with Crippen LogP contribution >= 0.6 is 11.6 Å². The van der Waals surface area contributed by atoms with E-state index in [9.17, 15) is 0 Å². The molecule has 0 bridgehead atoms. The van der Waals surface area contributed by atoms with Gasteiger partial charge in [0.2, 0.25) is 0 Å². The lowest BCUT2D eigenvalue weighted by molar-refractivity contribution is 0.170. The van der Waals surface area contributed by atoms with E-state index in [1.807, 2.05) is 12.1 Å². The van der Waals surface area contributed by atoms with E-state index in [1.165, 1.54) is 37.8 Å². The molecule has 3 unspecified atom stereocenters. The fourth-order valence-electron chi connectivity index (χ4n) is 3.06. The third-order valence-corrected chi connectivity index (χ3v) is 4.95. The molecule has 0 aliphatic carbocycles. The van der Waals surface area contributed by atoms with Gasteiger partial charge in [0.1, 0.15) is 0 Å². The number of nitrogens with zero attached hydrogens (tertiary/aromatic N) is 1. The monoisotopic (exact) mass is 294 g/mol. The van der Waals surface area contributed by atoms with Crippen LogP contribution in [0.1, 0.15) is 51.1 Å². The highest BCUT2D eigenvalue weighted by atomic mass is 35.5.